The van der Waals surface area contributed by atoms with E-state index in [0.717, 1.165) is 23.7 Å². The maximum absolute atomic E-state index is 12.3. The van der Waals surface area contributed by atoms with Gasteiger partial charge in [-0.25, -0.2) is 12.7 Å². The summed E-state index contributed by atoms with van der Waals surface area (Å²) in [6, 6.07) is 7.21. The number of hydrogen-bond acceptors (Lipinski definition) is 3. The minimum absolute atomic E-state index is 0.159. The fourth-order valence-corrected chi connectivity index (χ4v) is 4.06. The SMILES string of the molecule is CS(=O)(=O)N1CCC(CNC(=O)c2cc3cc(Cl)ccc3[nH]2)CC1. The van der Waals surface area contributed by atoms with E-state index in [1.54, 1.807) is 12.1 Å². The lowest BCUT2D eigenvalue weighted by atomic mass is 9.98. The van der Waals surface area contributed by atoms with E-state index in [1.165, 1.54) is 10.6 Å². The number of H-pyrrole nitrogens is 1. The Kier molecular flexibility index (Phi) is 4.85. The molecule has 1 fully saturated rings. The second-order valence-electron chi connectivity index (χ2n) is 6.23. The van der Waals surface area contributed by atoms with Crippen LogP contribution < -0.4 is 5.32 Å². The van der Waals surface area contributed by atoms with Crippen molar-refractivity contribution in [3.63, 3.8) is 0 Å². The highest BCUT2D eigenvalue weighted by Crippen LogP contribution is 2.21. The second kappa shape index (κ2) is 6.74. The number of piperidine rings is 1. The van der Waals surface area contributed by atoms with Crippen LogP contribution in [0.3, 0.4) is 0 Å². The van der Waals surface area contributed by atoms with Gasteiger partial charge >= 0.3 is 0 Å². The fourth-order valence-electron chi connectivity index (χ4n) is 3.00. The molecule has 2 N–H and O–H groups in total. The molecule has 0 spiro atoms. The van der Waals surface area contributed by atoms with Gasteiger partial charge in [-0.05, 0) is 43.0 Å². The Hall–Kier alpha value is -1.57. The highest BCUT2D eigenvalue weighted by Gasteiger charge is 2.25. The van der Waals surface area contributed by atoms with Gasteiger partial charge in [0.2, 0.25) is 10.0 Å². The Morgan fingerprint density at radius 1 is 1.33 bits per heavy atom. The van der Waals surface area contributed by atoms with Crippen molar-refractivity contribution in [2.24, 2.45) is 5.92 Å². The van der Waals surface area contributed by atoms with Crippen LogP contribution in [0.25, 0.3) is 10.9 Å². The molecule has 24 heavy (non-hydrogen) atoms. The first kappa shape index (κ1) is 17.3. The Labute approximate surface area is 146 Å². The van der Waals surface area contributed by atoms with E-state index in [-0.39, 0.29) is 5.91 Å². The number of hydrogen-bond donors (Lipinski definition) is 2. The zero-order chi connectivity index (χ0) is 17.3. The van der Waals surface area contributed by atoms with Gasteiger partial charge in [0.25, 0.3) is 5.91 Å². The first-order valence-corrected chi connectivity index (χ1v) is 10.1. The third kappa shape index (κ3) is 3.91. The quantitative estimate of drug-likeness (QED) is 0.866. The highest BCUT2D eigenvalue weighted by molar-refractivity contribution is 7.88. The zero-order valence-corrected chi connectivity index (χ0v) is 15.0. The summed E-state index contributed by atoms with van der Waals surface area (Å²) in [5.74, 6) is 0.138. The van der Waals surface area contributed by atoms with Crippen molar-refractivity contribution in [1.82, 2.24) is 14.6 Å². The second-order valence-corrected chi connectivity index (χ2v) is 8.65. The van der Waals surface area contributed by atoms with Crippen LogP contribution in [0.4, 0.5) is 0 Å². The maximum atomic E-state index is 12.3. The molecule has 1 aliphatic heterocycles. The van der Waals surface area contributed by atoms with Crippen LogP contribution in [0, 0.1) is 5.92 Å². The lowest BCUT2D eigenvalue weighted by Gasteiger charge is -2.30. The van der Waals surface area contributed by atoms with Crippen LogP contribution in [0.1, 0.15) is 23.3 Å². The Morgan fingerprint density at radius 2 is 2.04 bits per heavy atom. The van der Waals surface area contributed by atoms with Crippen molar-refractivity contribution >= 4 is 38.4 Å². The van der Waals surface area contributed by atoms with Crippen LogP contribution in [0.5, 0.6) is 0 Å². The zero-order valence-electron chi connectivity index (χ0n) is 13.4. The van der Waals surface area contributed by atoms with Crippen LogP contribution in [-0.4, -0.2) is 49.5 Å². The Balaban J connectivity index is 1.56. The van der Waals surface area contributed by atoms with Gasteiger partial charge in [0.15, 0.2) is 0 Å². The number of amides is 1. The summed E-state index contributed by atoms with van der Waals surface area (Å²) >= 11 is 5.95. The van der Waals surface area contributed by atoms with Crippen LogP contribution in [-0.2, 0) is 10.0 Å². The number of aromatic nitrogens is 1. The molecule has 1 aromatic heterocycles. The van der Waals surface area contributed by atoms with Gasteiger partial charge in [0, 0.05) is 35.6 Å². The molecular formula is C16H20ClN3O3S. The predicted molar refractivity (Wildman–Crippen MR) is 94.8 cm³/mol. The summed E-state index contributed by atoms with van der Waals surface area (Å²) in [6.45, 7) is 1.58. The topological polar surface area (TPSA) is 82.3 Å². The van der Waals surface area contributed by atoms with Crippen molar-refractivity contribution in [1.29, 1.82) is 0 Å². The number of benzene rings is 1. The number of nitrogens with zero attached hydrogens (tertiary/aromatic N) is 1. The minimum atomic E-state index is -3.11. The Morgan fingerprint density at radius 3 is 2.71 bits per heavy atom. The summed E-state index contributed by atoms with van der Waals surface area (Å²) in [7, 11) is -3.11. The van der Waals surface area contributed by atoms with Crippen molar-refractivity contribution in [3.8, 4) is 0 Å². The molecule has 0 atom stereocenters. The molecule has 1 amide bonds. The molecule has 0 radical (unpaired) electrons. The Bertz CT molecular complexity index is 855. The average Bonchev–Trinajstić information content (AvgIpc) is 2.95. The normalized spacial score (nSPS) is 17.2. The lowest BCUT2D eigenvalue weighted by molar-refractivity contribution is 0.0937. The number of rotatable bonds is 4. The molecule has 6 nitrogen and oxygen atoms in total. The molecular weight excluding hydrogens is 350 g/mol. The van der Waals surface area contributed by atoms with Gasteiger partial charge in [0.1, 0.15) is 5.69 Å². The molecule has 0 saturated carbocycles. The van der Waals surface area contributed by atoms with Crippen LogP contribution >= 0.6 is 11.6 Å². The smallest absolute Gasteiger partial charge is 0.267 e. The van der Waals surface area contributed by atoms with E-state index in [2.05, 4.69) is 10.3 Å². The maximum Gasteiger partial charge on any atom is 0.267 e. The van der Waals surface area contributed by atoms with E-state index < -0.39 is 10.0 Å². The van der Waals surface area contributed by atoms with Crippen molar-refractivity contribution in [2.45, 2.75) is 12.8 Å². The summed E-state index contributed by atoms with van der Waals surface area (Å²) in [5, 5.41) is 4.45. The first-order chi connectivity index (χ1) is 11.3. The van der Waals surface area contributed by atoms with E-state index in [0.29, 0.717) is 36.3 Å². The fraction of sp³-hybridized carbons (Fsp3) is 0.438. The molecule has 130 valence electrons. The van der Waals surface area contributed by atoms with Crippen molar-refractivity contribution in [2.75, 3.05) is 25.9 Å². The van der Waals surface area contributed by atoms with E-state index >= 15 is 0 Å². The van der Waals surface area contributed by atoms with Crippen LogP contribution in [0.2, 0.25) is 5.02 Å². The monoisotopic (exact) mass is 369 g/mol. The first-order valence-electron chi connectivity index (χ1n) is 7.84. The molecule has 1 aromatic carbocycles. The van der Waals surface area contributed by atoms with Gasteiger partial charge in [-0.1, -0.05) is 11.6 Å². The molecule has 1 aliphatic rings. The molecule has 8 heteroatoms. The highest BCUT2D eigenvalue weighted by atomic mass is 35.5. The van der Waals surface area contributed by atoms with E-state index in [9.17, 15) is 13.2 Å². The number of sulfonamides is 1. The summed E-state index contributed by atoms with van der Waals surface area (Å²) in [5.41, 5.74) is 1.37. The van der Waals surface area contributed by atoms with Gasteiger partial charge in [-0.15, -0.1) is 0 Å². The number of carbonyl (C=O) groups excluding carboxylic acids is 1. The summed E-state index contributed by atoms with van der Waals surface area (Å²) < 4.78 is 24.5. The number of aromatic amines is 1. The molecule has 2 aromatic rings. The van der Waals surface area contributed by atoms with Crippen LogP contribution in [0.15, 0.2) is 24.3 Å². The van der Waals surface area contributed by atoms with Gasteiger partial charge in [0.05, 0.1) is 6.26 Å². The van der Waals surface area contributed by atoms with Gasteiger partial charge in [-0.3, -0.25) is 4.79 Å². The molecule has 3 rings (SSSR count). The average molecular weight is 370 g/mol. The number of carbonyl (C=O) groups is 1. The largest absolute Gasteiger partial charge is 0.351 e. The lowest BCUT2D eigenvalue weighted by Crippen LogP contribution is -2.41. The van der Waals surface area contributed by atoms with Gasteiger partial charge in [-0.2, -0.15) is 0 Å². The third-order valence-corrected chi connectivity index (χ3v) is 5.96. The van der Waals surface area contributed by atoms with Crippen molar-refractivity contribution in [3.05, 3.63) is 35.0 Å². The number of halogens is 1. The summed E-state index contributed by atoms with van der Waals surface area (Å²) in [4.78, 5) is 15.4. The molecule has 2 heterocycles. The van der Waals surface area contributed by atoms with Gasteiger partial charge < -0.3 is 10.3 Å². The predicted octanol–water partition coefficient (Wildman–Crippen LogP) is 2.22. The van der Waals surface area contributed by atoms with E-state index in [1.807, 2.05) is 12.1 Å². The number of fused-ring (bicyclic) bond motifs is 1. The molecule has 1 saturated heterocycles. The third-order valence-electron chi connectivity index (χ3n) is 4.42. The standard InChI is InChI=1S/C16H20ClN3O3S/c1-24(22,23)20-6-4-11(5-7-20)10-18-16(21)15-9-12-8-13(17)2-3-14(12)19-15/h2-3,8-9,11,19H,4-7,10H2,1H3,(H,18,21). The van der Waals surface area contributed by atoms with Crippen molar-refractivity contribution < 1.29 is 13.2 Å². The van der Waals surface area contributed by atoms with E-state index in [4.69, 9.17) is 11.6 Å². The molecule has 0 unspecified atom stereocenters. The molecule has 0 bridgehead atoms. The molecule has 0 aliphatic carbocycles. The number of nitrogens with one attached hydrogen (secondary N) is 2. The minimum Gasteiger partial charge on any atom is -0.351 e. The summed E-state index contributed by atoms with van der Waals surface area (Å²) in [6.07, 6.45) is 2.75.